The Morgan fingerprint density at radius 3 is 2.76 bits per heavy atom. The highest BCUT2D eigenvalue weighted by Gasteiger charge is 2.15. The number of hydrogen-bond donors (Lipinski definition) is 0. The van der Waals surface area contributed by atoms with Gasteiger partial charge in [-0.2, -0.15) is 5.11 Å². The number of aromatic nitrogens is 2. The first-order chi connectivity index (χ1) is 16.7. The summed E-state index contributed by atoms with van der Waals surface area (Å²) in [6.45, 7) is 4.93. The van der Waals surface area contributed by atoms with Gasteiger partial charge in [0.2, 0.25) is 0 Å². The maximum absolute atomic E-state index is 6.10. The molecule has 34 heavy (non-hydrogen) atoms. The van der Waals surface area contributed by atoms with Gasteiger partial charge in [0.15, 0.2) is 0 Å². The van der Waals surface area contributed by atoms with Crippen LogP contribution < -0.4 is 4.74 Å². The Bertz CT molecular complexity index is 1440. The number of nitrogens with zero attached hydrogens (tertiary/aromatic N) is 5. The van der Waals surface area contributed by atoms with Gasteiger partial charge in [0, 0.05) is 39.5 Å². The minimum absolute atomic E-state index is 0.0751. The van der Waals surface area contributed by atoms with Crippen molar-refractivity contribution in [3.8, 4) is 28.7 Å². The summed E-state index contributed by atoms with van der Waals surface area (Å²) < 4.78 is 7.34. The molecule has 0 amide bonds. The van der Waals surface area contributed by atoms with Crippen LogP contribution in [0.4, 0.5) is 0 Å². The van der Waals surface area contributed by atoms with Crippen molar-refractivity contribution in [1.82, 2.24) is 9.97 Å². The van der Waals surface area contributed by atoms with Gasteiger partial charge in [0.1, 0.15) is 25.2 Å². The van der Waals surface area contributed by atoms with E-state index in [-0.39, 0.29) is 5.92 Å². The second-order valence-corrected chi connectivity index (χ2v) is 8.98. The molecule has 0 N–H and O–H groups in total. The number of fused-ring (bicyclic) bond motifs is 1. The van der Waals surface area contributed by atoms with Crippen molar-refractivity contribution in [3.63, 3.8) is 0 Å². The average molecular weight is 466 g/mol. The van der Waals surface area contributed by atoms with Gasteiger partial charge in [-0.05, 0) is 59.8 Å². The minimum atomic E-state index is 0.0751. The highest BCUT2D eigenvalue weighted by molar-refractivity contribution is 7.17. The third-order valence-electron chi connectivity index (χ3n) is 5.79. The maximum atomic E-state index is 6.10. The number of hydrogen-bond acceptors (Lipinski definition) is 7. The Kier molecular flexibility index (Phi) is 6.41. The summed E-state index contributed by atoms with van der Waals surface area (Å²) in [4.78, 5) is 8.56. The van der Waals surface area contributed by atoms with Crippen LogP contribution >= 0.6 is 11.3 Å². The van der Waals surface area contributed by atoms with Gasteiger partial charge in [-0.25, -0.2) is 9.97 Å². The smallest absolute Gasteiger partial charge is 0.119 e. The molecule has 5 rings (SSSR count). The Balaban J connectivity index is 1.30. The van der Waals surface area contributed by atoms with Crippen LogP contribution in [0.1, 0.15) is 36.1 Å². The number of benzene rings is 2. The normalized spacial score (nSPS) is 13.4. The van der Waals surface area contributed by atoms with Gasteiger partial charge in [0.05, 0.1) is 11.6 Å². The molecular formula is C27H23N5OS. The van der Waals surface area contributed by atoms with E-state index in [0.717, 1.165) is 40.3 Å². The third kappa shape index (κ3) is 4.73. The highest BCUT2D eigenvalue weighted by atomic mass is 32.1. The van der Waals surface area contributed by atoms with E-state index in [9.17, 15) is 0 Å². The van der Waals surface area contributed by atoms with Gasteiger partial charge in [0.25, 0.3) is 0 Å². The lowest BCUT2D eigenvalue weighted by Gasteiger charge is -2.12. The number of rotatable bonds is 7. The van der Waals surface area contributed by atoms with E-state index in [1.807, 2.05) is 32.2 Å². The predicted octanol–water partition coefficient (Wildman–Crippen LogP) is 6.56. The van der Waals surface area contributed by atoms with E-state index in [1.165, 1.54) is 15.6 Å². The van der Waals surface area contributed by atoms with Crippen LogP contribution in [0.2, 0.25) is 0 Å². The van der Waals surface area contributed by atoms with Crippen LogP contribution in [-0.4, -0.2) is 22.2 Å². The van der Waals surface area contributed by atoms with Crippen molar-refractivity contribution >= 4 is 27.1 Å². The lowest BCUT2D eigenvalue weighted by atomic mass is 9.94. The van der Waals surface area contributed by atoms with Crippen molar-refractivity contribution in [2.75, 3.05) is 6.54 Å². The van der Waals surface area contributed by atoms with Crippen LogP contribution in [0.15, 0.2) is 75.8 Å². The molecule has 0 radical (unpaired) electrons. The van der Waals surface area contributed by atoms with Crippen molar-refractivity contribution in [1.29, 1.82) is 0 Å². The van der Waals surface area contributed by atoms with Crippen LogP contribution in [0, 0.1) is 18.8 Å². The summed E-state index contributed by atoms with van der Waals surface area (Å²) in [6.07, 6.45) is 4.21. The molecule has 0 aliphatic carbocycles. The summed E-state index contributed by atoms with van der Waals surface area (Å²) in [6, 6.07) is 14.6. The fraction of sp³-hybridized carbons (Fsp3) is 0.222. The van der Waals surface area contributed by atoms with Gasteiger partial charge in [-0.1, -0.05) is 24.1 Å². The van der Waals surface area contributed by atoms with Gasteiger partial charge >= 0.3 is 0 Å². The number of ether oxygens (including phenoxy) is 1. The van der Waals surface area contributed by atoms with Crippen LogP contribution in [-0.2, 0) is 6.61 Å². The quantitative estimate of drug-likeness (QED) is 0.290. The predicted molar refractivity (Wildman–Crippen MR) is 136 cm³/mol. The summed E-state index contributed by atoms with van der Waals surface area (Å²) in [7, 11) is 0. The molecule has 1 atom stereocenters. The highest BCUT2D eigenvalue weighted by Crippen LogP contribution is 2.35. The standard InChI is InChI=1S/C27H23N5OS/c1-3-4-21(12-22-13-30-32-31-22)20-6-8-23(9-7-20)33-15-19-5-10-27-24(11-19)26(16-34-27)25-14-28-17-29-18(25)2/h5-11,14,16-17,21H,12-13,15H2,1-2H3/t21-/m0/s1. The number of thiophene rings is 1. The van der Waals surface area contributed by atoms with E-state index in [2.05, 4.69) is 73.0 Å². The molecule has 3 heterocycles. The topological polar surface area (TPSA) is 72.1 Å². The molecule has 2 aromatic heterocycles. The molecule has 7 heteroatoms. The molecular weight excluding hydrogens is 442 g/mol. The maximum Gasteiger partial charge on any atom is 0.119 e. The first kappa shape index (κ1) is 21.9. The van der Waals surface area contributed by atoms with Gasteiger partial charge in [-0.3, -0.25) is 0 Å². The first-order valence-corrected chi connectivity index (χ1v) is 11.9. The molecule has 0 fully saturated rings. The second kappa shape index (κ2) is 9.94. The Hall–Kier alpha value is -3.89. The number of aryl methyl sites for hydroxylation is 1. The molecule has 1 aliphatic rings. The minimum Gasteiger partial charge on any atom is -0.489 e. The van der Waals surface area contributed by atoms with Gasteiger partial charge in [-0.15, -0.1) is 22.4 Å². The van der Waals surface area contributed by atoms with E-state index < -0.39 is 0 Å². The zero-order valence-corrected chi connectivity index (χ0v) is 19.8. The summed E-state index contributed by atoms with van der Waals surface area (Å²) in [5.74, 6) is 7.21. The fourth-order valence-electron chi connectivity index (χ4n) is 4.00. The first-order valence-electron chi connectivity index (χ1n) is 11.1. The average Bonchev–Trinajstić information content (AvgIpc) is 3.53. The van der Waals surface area contributed by atoms with Crippen molar-refractivity contribution in [2.45, 2.75) is 32.8 Å². The van der Waals surface area contributed by atoms with Crippen molar-refractivity contribution < 1.29 is 4.74 Å². The summed E-state index contributed by atoms with van der Waals surface area (Å²) in [5, 5.41) is 15.1. The zero-order chi connectivity index (χ0) is 23.3. The molecule has 4 aromatic rings. The molecule has 6 nitrogen and oxygen atoms in total. The molecule has 1 aliphatic heterocycles. The zero-order valence-electron chi connectivity index (χ0n) is 19.0. The van der Waals surface area contributed by atoms with E-state index >= 15 is 0 Å². The molecule has 0 bridgehead atoms. The summed E-state index contributed by atoms with van der Waals surface area (Å²) in [5.41, 5.74) is 6.44. The third-order valence-corrected chi connectivity index (χ3v) is 6.75. The molecule has 0 unspecified atom stereocenters. The summed E-state index contributed by atoms with van der Waals surface area (Å²) >= 11 is 1.73. The Labute approximate surface area is 202 Å². The molecule has 0 saturated carbocycles. The lowest BCUT2D eigenvalue weighted by Crippen LogP contribution is -2.07. The van der Waals surface area contributed by atoms with Crippen LogP contribution in [0.25, 0.3) is 21.2 Å². The van der Waals surface area contributed by atoms with Crippen molar-refractivity contribution in [3.05, 3.63) is 77.2 Å². The van der Waals surface area contributed by atoms with Gasteiger partial charge < -0.3 is 4.74 Å². The van der Waals surface area contributed by atoms with Crippen LogP contribution in [0.5, 0.6) is 5.75 Å². The van der Waals surface area contributed by atoms with Crippen molar-refractivity contribution in [2.24, 2.45) is 15.4 Å². The van der Waals surface area contributed by atoms with E-state index in [1.54, 1.807) is 17.7 Å². The Morgan fingerprint density at radius 2 is 2.00 bits per heavy atom. The largest absolute Gasteiger partial charge is 0.489 e. The van der Waals surface area contributed by atoms with E-state index in [4.69, 9.17) is 4.74 Å². The lowest BCUT2D eigenvalue weighted by molar-refractivity contribution is 0.306. The molecule has 0 saturated heterocycles. The molecule has 0 spiro atoms. The fourth-order valence-corrected chi connectivity index (χ4v) is 4.94. The second-order valence-electron chi connectivity index (χ2n) is 8.07. The monoisotopic (exact) mass is 465 g/mol. The SMILES string of the molecule is CC#C[C@@H](CC1=NN=NC1)c1ccc(OCc2ccc3scc(-c4cncnc4C)c3c2)cc1. The van der Waals surface area contributed by atoms with Crippen LogP contribution in [0.3, 0.4) is 0 Å². The Morgan fingerprint density at radius 1 is 1.12 bits per heavy atom. The molecule has 168 valence electrons. The van der Waals surface area contributed by atoms with E-state index in [0.29, 0.717) is 13.2 Å². The molecule has 2 aromatic carbocycles.